The quantitative estimate of drug-likeness (QED) is 0.744. The number of hydrogen-bond acceptors (Lipinski definition) is 3. The molecule has 2 N–H and O–H groups in total. The van der Waals surface area contributed by atoms with E-state index in [0.717, 1.165) is 28.8 Å². The van der Waals surface area contributed by atoms with Crippen molar-refractivity contribution in [1.82, 2.24) is 0 Å². The van der Waals surface area contributed by atoms with Crippen molar-refractivity contribution in [3.63, 3.8) is 0 Å². The number of piperidine rings is 1. The number of rotatable bonds is 2. The van der Waals surface area contributed by atoms with Gasteiger partial charge in [0.25, 0.3) is 5.78 Å². The van der Waals surface area contributed by atoms with Crippen LogP contribution in [0.3, 0.4) is 0 Å². The summed E-state index contributed by atoms with van der Waals surface area (Å²) in [5.74, 6) is -0.913. The van der Waals surface area contributed by atoms with Crippen LogP contribution >= 0.6 is 15.9 Å². The van der Waals surface area contributed by atoms with E-state index in [2.05, 4.69) is 15.9 Å². The first-order valence-corrected chi connectivity index (χ1v) is 7.53. The van der Waals surface area contributed by atoms with Crippen molar-refractivity contribution in [2.45, 2.75) is 18.9 Å². The molecular formula is C14H16BrN2O3+. The number of halogens is 1. The van der Waals surface area contributed by atoms with E-state index in [1.165, 1.54) is 4.90 Å². The van der Waals surface area contributed by atoms with E-state index in [0.29, 0.717) is 24.5 Å². The number of aliphatic hydroxyl groups is 1. The average Bonchev–Trinajstić information content (AvgIpc) is 2.64. The van der Waals surface area contributed by atoms with Crippen molar-refractivity contribution in [3.8, 4) is 0 Å². The number of amides is 1. The summed E-state index contributed by atoms with van der Waals surface area (Å²) in [5, 5.41) is 9.71. The van der Waals surface area contributed by atoms with Crippen LogP contribution in [-0.2, 0) is 4.79 Å². The van der Waals surface area contributed by atoms with Crippen molar-refractivity contribution in [3.05, 3.63) is 28.2 Å². The smallest absolute Gasteiger partial charge is 0.303 e. The number of Topliss-reactive ketones (excluding diaryl/α,β-unsaturated/α-hetero) is 1. The fourth-order valence-corrected chi connectivity index (χ4v) is 3.28. The molecule has 6 heteroatoms. The number of ketones is 1. The molecule has 1 unspecified atom stereocenters. The third-order valence-electron chi connectivity index (χ3n) is 3.91. The van der Waals surface area contributed by atoms with Crippen LogP contribution in [0.5, 0.6) is 0 Å². The molecule has 1 aromatic rings. The molecule has 2 aliphatic rings. The first-order chi connectivity index (χ1) is 9.56. The highest BCUT2D eigenvalue weighted by molar-refractivity contribution is 9.10. The van der Waals surface area contributed by atoms with Gasteiger partial charge in [0.1, 0.15) is 12.6 Å². The number of likely N-dealkylation sites (tertiary alicyclic amines) is 1. The fraction of sp³-hybridized carbons (Fsp3) is 0.429. The Morgan fingerprint density at radius 1 is 1.40 bits per heavy atom. The Hall–Kier alpha value is -1.24. The van der Waals surface area contributed by atoms with E-state index in [1.807, 2.05) is 6.07 Å². The van der Waals surface area contributed by atoms with Crippen LogP contribution in [-0.4, -0.2) is 42.7 Å². The van der Waals surface area contributed by atoms with Crippen LogP contribution < -0.4 is 9.80 Å². The van der Waals surface area contributed by atoms with Crippen LogP contribution in [0.2, 0.25) is 0 Å². The number of nitrogens with one attached hydrogen (secondary N) is 1. The molecular weight excluding hydrogens is 324 g/mol. The molecule has 2 atom stereocenters. The van der Waals surface area contributed by atoms with Gasteiger partial charge in [-0.1, -0.05) is 15.9 Å². The predicted octanol–water partition coefficient (Wildman–Crippen LogP) is -0.0245. The highest BCUT2D eigenvalue weighted by atomic mass is 79.9. The van der Waals surface area contributed by atoms with E-state index >= 15 is 0 Å². The van der Waals surface area contributed by atoms with E-state index in [-0.39, 0.29) is 6.10 Å². The van der Waals surface area contributed by atoms with Gasteiger partial charge in [0.15, 0.2) is 6.67 Å². The van der Waals surface area contributed by atoms with Gasteiger partial charge in [-0.3, -0.25) is 14.5 Å². The summed E-state index contributed by atoms with van der Waals surface area (Å²) in [5.41, 5.74) is 1.14. The largest absolute Gasteiger partial charge is 0.387 e. The summed E-state index contributed by atoms with van der Waals surface area (Å²) in [6.45, 7) is 1.99. The third-order valence-corrected chi connectivity index (χ3v) is 4.40. The number of benzene rings is 1. The van der Waals surface area contributed by atoms with Gasteiger partial charge in [0.05, 0.1) is 17.8 Å². The summed E-state index contributed by atoms with van der Waals surface area (Å²) >= 11 is 3.32. The molecule has 1 saturated heterocycles. The Morgan fingerprint density at radius 2 is 2.20 bits per heavy atom. The van der Waals surface area contributed by atoms with E-state index < -0.39 is 11.7 Å². The summed E-state index contributed by atoms with van der Waals surface area (Å²) < 4.78 is 0.792. The van der Waals surface area contributed by atoms with Gasteiger partial charge in [-0.2, -0.15) is 0 Å². The second-order valence-electron chi connectivity index (χ2n) is 5.38. The Kier molecular flexibility index (Phi) is 3.62. The fourth-order valence-electron chi connectivity index (χ4n) is 2.92. The standard InChI is InChI=1S/C14H15BrN2O3/c15-9-3-4-12-11(6-9)13(19)14(20)17(12)8-16-5-1-2-10(18)7-16/h3-4,6,10,18H,1-2,5,7-8H2/p+1/t10-/m0/s1. The molecule has 1 amide bonds. The molecule has 0 spiro atoms. The lowest BCUT2D eigenvalue weighted by molar-refractivity contribution is -0.907. The first-order valence-electron chi connectivity index (χ1n) is 6.73. The highest BCUT2D eigenvalue weighted by Gasteiger charge is 2.38. The number of anilines is 1. The SMILES string of the molecule is O=C1C(=O)N(C[NH+]2CCC[C@H](O)C2)c2ccc(Br)cc21. The molecule has 1 fully saturated rings. The van der Waals surface area contributed by atoms with Crippen molar-refractivity contribution in [2.24, 2.45) is 0 Å². The molecule has 2 aliphatic heterocycles. The predicted molar refractivity (Wildman–Crippen MR) is 76.8 cm³/mol. The second kappa shape index (κ2) is 5.27. The zero-order chi connectivity index (χ0) is 14.3. The minimum absolute atomic E-state index is 0.309. The lowest BCUT2D eigenvalue weighted by Gasteiger charge is -2.30. The minimum atomic E-state index is -0.467. The van der Waals surface area contributed by atoms with E-state index in [9.17, 15) is 14.7 Å². The van der Waals surface area contributed by atoms with Crippen LogP contribution in [0.25, 0.3) is 0 Å². The van der Waals surface area contributed by atoms with Crippen LogP contribution in [0, 0.1) is 0 Å². The molecule has 20 heavy (non-hydrogen) atoms. The number of nitrogens with zero attached hydrogens (tertiary/aromatic N) is 1. The zero-order valence-electron chi connectivity index (χ0n) is 10.9. The normalized spacial score (nSPS) is 26.0. The van der Waals surface area contributed by atoms with Gasteiger partial charge >= 0.3 is 5.91 Å². The number of quaternary nitrogens is 1. The Balaban J connectivity index is 1.84. The zero-order valence-corrected chi connectivity index (χ0v) is 12.5. The van der Waals surface area contributed by atoms with Crippen LogP contribution in [0.1, 0.15) is 23.2 Å². The van der Waals surface area contributed by atoms with Crippen LogP contribution in [0.15, 0.2) is 22.7 Å². The Labute approximate surface area is 125 Å². The van der Waals surface area contributed by atoms with Gasteiger partial charge in [-0.25, -0.2) is 0 Å². The van der Waals surface area contributed by atoms with Gasteiger partial charge in [-0.15, -0.1) is 0 Å². The van der Waals surface area contributed by atoms with Gasteiger partial charge in [-0.05, 0) is 31.0 Å². The monoisotopic (exact) mass is 339 g/mol. The van der Waals surface area contributed by atoms with Gasteiger partial charge < -0.3 is 10.0 Å². The number of hydrogen-bond donors (Lipinski definition) is 2. The molecule has 5 nitrogen and oxygen atoms in total. The van der Waals surface area contributed by atoms with Crippen molar-refractivity contribution in [2.75, 3.05) is 24.7 Å². The summed E-state index contributed by atoms with van der Waals surface area (Å²) in [6, 6.07) is 5.32. The molecule has 3 rings (SSSR count). The molecule has 0 aliphatic carbocycles. The lowest BCUT2D eigenvalue weighted by atomic mass is 10.1. The van der Waals surface area contributed by atoms with Crippen molar-refractivity contribution >= 4 is 33.3 Å². The Bertz CT molecular complexity index is 576. The highest BCUT2D eigenvalue weighted by Crippen LogP contribution is 2.30. The molecule has 0 saturated carbocycles. The number of carbonyl (C=O) groups excluding carboxylic acids is 2. The maximum Gasteiger partial charge on any atom is 0.303 e. The molecule has 0 radical (unpaired) electrons. The maximum atomic E-state index is 12.1. The molecule has 2 heterocycles. The Morgan fingerprint density at radius 3 is 2.95 bits per heavy atom. The molecule has 1 aromatic carbocycles. The first kappa shape index (κ1) is 13.7. The number of aliphatic hydroxyl groups excluding tert-OH is 1. The van der Waals surface area contributed by atoms with Crippen LogP contribution in [0.4, 0.5) is 5.69 Å². The van der Waals surface area contributed by atoms with Crippen molar-refractivity contribution in [1.29, 1.82) is 0 Å². The lowest BCUT2D eigenvalue weighted by Crippen LogP contribution is -3.15. The van der Waals surface area contributed by atoms with E-state index in [1.54, 1.807) is 12.1 Å². The number of fused-ring (bicyclic) bond motifs is 1. The summed E-state index contributed by atoms with van der Waals surface area (Å²) in [4.78, 5) is 26.8. The minimum Gasteiger partial charge on any atom is -0.387 e. The number of carbonyl (C=O) groups is 2. The van der Waals surface area contributed by atoms with Gasteiger partial charge in [0, 0.05) is 4.47 Å². The molecule has 0 aromatic heterocycles. The third kappa shape index (κ3) is 2.39. The summed E-state index contributed by atoms with van der Waals surface area (Å²) in [6.07, 6.45) is 1.45. The second-order valence-corrected chi connectivity index (χ2v) is 6.30. The average molecular weight is 340 g/mol. The van der Waals surface area contributed by atoms with Gasteiger partial charge in [0.2, 0.25) is 0 Å². The topological polar surface area (TPSA) is 62.0 Å². The van der Waals surface area contributed by atoms with E-state index in [4.69, 9.17) is 0 Å². The maximum absolute atomic E-state index is 12.1. The summed E-state index contributed by atoms with van der Waals surface area (Å²) in [7, 11) is 0. The molecule has 0 bridgehead atoms. The molecule has 106 valence electrons. The van der Waals surface area contributed by atoms with Crippen molar-refractivity contribution < 1.29 is 19.6 Å².